The molecule has 5 nitrogen and oxygen atoms in total. The van der Waals surface area contributed by atoms with E-state index in [0.717, 1.165) is 39.3 Å². The minimum Gasteiger partial charge on any atom is -0.374 e. The van der Waals surface area contributed by atoms with Crippen LogP contribution in [-0.2, 0) is 9.53 Å². The van der Waals surface area contributed by atoms with Crippen molar-refractivity contribution in [3.05, 3.63) is 0 Å². The van der Waals surface area contributed by atoms with Crippen molar-refractivity contribution in [2.75, 3.05) is 45.9 Å². The van der Waals surface area contributed by atoms with Crippen molar-refractivity contribution in [1.82, 2.24) is 15.5 Å². The summed E-state index contributed by atoms with van der Waals surface area (Å²) in [7, 11) is 0. The topological polar surface area (TPSA) is 53.6 Å². The average Bonchev–Trinajstić information content (AvgIpc) is 2.33. The Kier molecular flexibility index (Phi) is 10.6. The van der Waals surface area contributed by atoms with Crippen LogP contribution >= 0.6 is 24.8 Å². The van der Waals surface area contributed by atoms with Gasteiger partial charge < -0.3 is 15.4 Å². The predicted octanol–water partition coefficient (Wildman–Crippen LogP) is 1.16. The van der Waals surface area contributed by atoms with Crippen molar-refractivity contribution in [2.45, 2.75) is 26.9 Å². The van der Waals surface area contributed by atoms with Crippen molar-refractivity contribution < 1.29 is 9.53 Å². The first-order valence-electron chi connectivity index (χ1n) is 7.88. The molecule has 2 aliphatic heterocycles. The van der Waals surface area contributed by atoms with Crippen LogP contribution in [0.3, 0.4) is 0 Å². The number of nitrogens with zero attached hydrogens (tertiary/aromatic N) is 1. The van der Waals surface area contributed by atoms with Gasteiger partial charge in [-0.1, -0.05) is 20.8 Å². The van der Waals surface area contributed by atoms with Gasteiger partial charge in [-0.2, -0.15) is 0 Å². The van der Waals surface area contributed by atoms with E-state index < -0.39 is 0 Å². The Morgan fingerprint density at radius 3 is 2.55 bits per heavy atom. The van der Waals surface area contributed by atoms with E-state index in [0.29, 0.717) is 18.4 Å². The summed E-state index contributed by atoms with van der Waals surface area (Å²) in [6.45, 7) is 12.9. The molecule has 0 aromatic heterocycles. The van der Waals surface area contributed by atoms with Crippen LogP contribution in [0.5, 0.6) is 0 Å². The lowest BCUT2D eigenvalue weighted by Crippen LogP contribution is -2.52. The number of carbonyl (C=O) groups is 1. The first-order chi connectivity index (χ1) is 9.56. The quantitative estimate of drug-likeness (QED) is 0.750. The van der Waals surface area contributed by atoms with Crippen molar-refractivity contribution in [3.8, 4) is 0 Å². The molecule has 2 rings (SSSR count). The van der Waals surface area contributed by atoms with Gasteiger partial charge >= 0.3 is 0 Å². The summed E-state index contributed by atoms with van der Waals surface area (Å²) < 4.78 is 5.75. The molecule has 22 heavy (non-hydrogen) atoms. The molecule has 132 valence electrons. The zero-order valence-corrected chi connectivity index (χ0v) is 15.5. The SMILES string of the molecule is CC(C)CN1CCOC(CNC(=O)C(C)C2CNC2)C1.Cl.Cl. The fourth-order valence-corrected chi connectivity index (χ4v) is 2.84. The van der Waals surface area contributed by atoms with Crippen molar-refractivity contribution in [3.63, 3.8) is 0 Å². The van der Waals surface area contributed by atoms with Crippen LogP contribution in [0.2, 0.25) is 0 Å². The molecule has 7 heteroatoms. The van der Waals surface area contributed by atoms with E-state index in [1.165, 1.54) is 0 Å². The fraction of sp³-hybridized carbons (Fsp3) is 0.933. The van der Waals surface area contributed by atoms with Gasteiger partial charge in [-0.3, -0.25) is 9.69 Å². The Labute approximate surface area is 146 Å². The maximum Gasteiger partial charge on any atom is 0.223 e. The number of nitrogens with one attached hydrogen (secondary N) is 2. The summed E-state index contributed by atoms with van der Waals surface area (Å²) in [5, 5.41) is 6.27. The molecule has 0 aliphatic carbocycles. The second-order valence-corrected chi connectivity index (χ2v) is 6.60. The summed E-state index contributed by atoms with van der Waals surface area (Å²) in [6.07, 6.45) is 0.137. The zero-order chi connectivity index (χ0) is 14.5. The zero-order valence-electron chi connectivity index (χ0n) is 13.8. The summed E-state index contributed by atoms with van der Waals surface area (Å²) in [5.41, 5.74) is 0. The Morgan fingerprint density at radius 1 is 1.32 bits per heavy atom. The van der Waals surface area contributed by atoms with Crippen LogP contribution in [0, 0.1) is 17.8 Å². The summed E-state index contributed by atoms with van der Waals surface area (Å²) in [5.74, 6) is 1.45. The molecule has 0 spiro atoms. The number of hydrogen-bond donors (Lipinski definition) is 2. The van der Waals surface area contributed by atoms with Crippen LogP contribution in [0.15, 0.2) is 0 Å². The molecular formula is C15H31Cl2N3O2. The van der Waals surface area contributed by atoms with Gasteiger partial charge in [-0.05, 0) is 24.9 Å². The minimum atomic E-state index is 0. The molecular weight excluding hydrogens is 325 g/mol. The highest BCUT2D eigenvalue weighted by Gasteiger charge is 2.29. The van der Waals surface area contributed by atoms with Gasteiger partial charge in [0.25, 0.3) is 0 Å². The molecule has 1 amide bonds. The Balaban J connectivity index is 0.00000220. The van der Waals surface area contributed by atoms with Gasteiger partial charge in [0.15, 0.2) is 0 Å². The van der Waals surface area contributed by atoms with Crippen molar-refractivity contribution in [1.29, 1.82) is 0 Å². The number of ether oxygens (including phenoxy) is 1. The summed E-state index contributed by atoms with van der Waals surface area (Å²) >= 11 is 0. The maximum absolute atomic E-state index is 12.1. The molecule has 0 saturated carbocycles. The highest BCUT2D eigenvalue weighted by Crippen LogP contribution is 2.16. The number of amides is 1. The van der Waals surface area contributed by atoms with E-state index in [1.807, 2.05) is 6.92 Å². The summed E-state index contributed by atoms with van der Waals surface area (Å²) in [4.78, 5) is 14.5. The molecule has 0 aromatic carbocycles. The third kappa shape index (κ3) is 6.59. The largest absolute Gasteiger partial charge is 0.374 e. The van der Waals surface area contributed by atoms with Crippen molar-refractivity contribution >= 4 is 30.7 Å². The Hall–Kier alpha value is -0.0700. The highest BCUT2D eigenvalue weighted by molar-refractivity contribution is 5.85. The molecule has 2 N–H and O–H groups in total. The molecule has 2 aliphatic rings. The van der Waals surface area contributed by atoms with Crippen LogP contribution in [0.25, 0.3) is 0 Å². The highest BCUT2D eigenvalue weighted by atomic mass is 35.5. The molecule has 2 atom stereocenters. The molecule has 0 aromatic rings. The lowest BCUT2D eigenvalue weighted by molar-refractivity contribution is -0.127. The molecule has 2 heterocycles. The van der Waals surface area contributed by atoms with Crippen LogP contribution in [0.1, 0.15) is 20.8 Å². The number of hydrogen-bond acceptors (Lipinski definition) is 4. The molecule has 0 bridgehead atoms. The third-order valence-electron chi connectivity index (χ3n) is 4.28. The fourth-order valence-electron chi connectivity index (χ4n) is 2.84. The lowest BCUT2D eigenvalue weighted by Gasteiger charge is -2.35. The maximum atomic E-state index is 12.1. The van der Waals surface area contributed by atoms with Gasteiger partial charge in [0, 0.05) is 32.1 Å². The molecule has 2 saturated heterocycles. The van der Waals surface area contributed by atoms with E-state index in [4.69, 9.17) is 4.74 Å². The lowest BCUT2D eigenvalue weighted by atomic mass is 9.88. The molecule has 0 radical (unpaired) electrons. The van der Waals surface area contributed by atoms with Gasteiger partial charge in [-0.15, -0.1) is 24.8 Å². The van der Waals surface area contributed by atoms with Crippen LogP contribution in [0.4, 0.5) is 0 Å². The van der Waals surface area contributed by atoms with Crippen LogP contribution in [-0.4, -0.2) is 62.8 Å². The van der Waals surface area contributed by atoms with Gasteiger partial charge in [0.1, 0.15) is 0 Å². The summed E-state index contributed by atoms with van der Waals surface area (Å²) in [6, 6.07) is 0. The number of carbonyl (C=O) groups excluding carboxylic acids is 1. The van der Waals surface area contributed by atoms with E-state index in [9.17, 15) is 4.79 Å². The predicted molar refractivity (Wildman–Crippen MR) is 94.0 cm³/mol. The third-order valence-corrected chi connectivity index (χ3v) is 4.28. The van der Waals surface area contributed by atoms with Crippen molar-refractivity contribution in [2.24, 2.45) is 17.8 Å². The van der Waals surface area contributed by atoms with E-state index in [-0.39, 0.29) is 42.7 Å². The smallest absolute Gasteiger partial charge is 0.223 e. The van der Waals surface area contributed by atoms with E-state index >= 15 is 0 Å². The normalized spacial score (nSPS) is 23.9. The van der Waals surface area contributed by atoms with E-state index in [2.05, 4.69) is 29.4 Å². The Morgan fingerprint density at radius 2 is 2.00 bits per heavy atom. The Bertz CT molecular complexity index is 328. The van der Waals surface area contributed by atoms with Gasteiger partial charge in [0.05, 0.1) is 12.7 Å². The van der Waals surface area contributed by atoms with Crippen LogP contribution < -0.4 is 10.6 Å². The first kappa shape index (κ1) is 21.9. The molecule has 2 unspecified atom stereocenters. The second-order valence-electron chi connectivity index (χ2n) is 6.60. The minimum absolute atomic E-state index is 0. The standard InChI is InChI=1S/C15H29N3O2.2ClH/c1-11(2)9-18-4-5-20-14(10-18)8-17-15(19)12(3)13-6-16-7-13;;/h11-14,16H,4-10H2,1-3H3,(H,17,19);2*1H. The second kappa shape index (κ2) is 10.7. The average molecular weight is 356 g/mol. The number of morpholine rings is 1. The first-order valence-corrected chi connectivity index (χ1v) is 7.88. The number of rotatable bonds is 6. The van der Waals surface area contributed by atoms with Gasteiger partial charge in [-0.25, -0.2) is 0 Å². The van der Waals surface area contributed by atoms with Gasteiger partial charge in [0.2, 0.25) is 5.91 Å². The molecule has 2 fully saturated rings. The van der Waals surface area contributed by atoms with E-state index in [1.54, 1.807) is 0 Å². The number of halogens is 2. The monoisotopic (exact) mass is 355 g/mol.